The molecule has 0 atom stereocenters. The van der Waals surface area contributed by atoms with Crippen LogP contribution in [0.3, 0.4) is 0 Å². The van der Waals surface area contributed by atoms with Gasteiger partial charge in [-0.25, -0.2) is 0 Å². The van der Waals surface area contributed by atoms with E-state index in [1.54, 1.807) is 12.8 Å². The van der Waals surface area contributed by atoms with Crippen molar-refractivity contribution in [2.45, 2.75) is 63.7 Å². The van der Waals surface area contributed by atoms with Crippen molar-refractivity contribution in [3.8, 4) is 0 Å². The van der Waals surface area contributed by atoms with Crippen molar-refractivity contribution in [2.75, 3.05) is 0 Å². The normalized spacial score (nSPS) is 21.8. The molecule has 0 N–H and O–H groups in total. The molecule has 0 aliphatic heterocycles. The molecule has 0 aromatic rings. The standard InChI is InChI=1S/C6H11.C3H7.2CH3.Sn/c1-2-4-6-5-3-1;1-3-2;;;/h1H,2-6H2;3H,1-2H3;2*1H3;. The van der Waals surface area contributed by atoms with Crippen LogP contribution < -0.4 is 0 Å². The molecule has 0 nitrogen and oxygen atoms in total. The van der Waals surface area contributed by atoms with Gasteiger partial charge in [0, 0.05) is 0 Å². The summed E-state index contributed by atoms with van der Waals surface area (Å²) in [4.78, 5) is 5.32. The average molecular weight is 275 g/mol. The van der Waals surface area contributed by atoms with Gasteiger partial charge in [-0.3, -0.25) is 0 Å². The van der Waals surface area contributed by atoms with Gasteiger partial charge in [0.1, 0.15) is 0 Å². The van der Waals surface area contributed by atoms with E-state index in [9.17, 15) is 0 Å². The Bertz CT molecular complexity index is 132. The maximum atomic E-state index is 2.66. The number of hydrogen-bond donors (Lipinski definition) is 0. The third-order valence-corrected chi connectivity index (χ3v) is 20.3. The molecule has 0 saturated heterocycles. The summed E-state index contributed by atoms with van der Waals surface area (Å²) in [6.07, 6.45) is 7.70. The van der Waals surface area contributed by atoms with Crippen LogP contribution in [0.5, 0.6) is 0 Å². The summed E-state index contributed by atoms with van der Waals surface area (Å²) in [5.41, 5.74) is 0. The Kier molecular flexibility index (Phi) is 3.94. The van der Waals surface area contributed by atoms with Crippen molar-refractivity contribution in [1.29, 1.82) is 0 Å². The molecule has 0 heterocycles. The van der Waals surface area contributed by atoms with Crippen molar-refractivity contribution in [1.82, 2.24) is 0 Å². The Morgan fingerprint density at radius 1 is 1.00 bits per heavy atom. The van der Waals surface area contributed by atoms with Crippen molar-refractivity contribution in [2.24, 2.45) is 0 Å². The van der Waals surface area contributed by atoms with Gasteiger partial charge in [0.25, 0.3) is 0 Å². The molecule has 1 aliphatic carbocycles. The number of hydrogen-bond acceptors (Lipinski definition) is 0. The summed E-state index contributed by atoms with van der Waals surface area (Å²) < 4.78 is 2.25. The van der Waals surface area contributed by atoms with Crippen molar-refractivity contribution in [3.63, 3.8) is 0 Å². The Morgan fingerprint density at radius 2 is 1.50 bits per heavy atom. The van der Waals surface area contributed by atoms with Gasteiger partial charge in [-0.05, 0) is 0 Å². The van der Waals surface area contributed by atoms with E-state index >= 15 is 0 Å². The van der Waals surface area contributed by atoms with E-state index in [2.05, 4.69) is 23.7 Å². The molecule has 1 fully saturated rings. The van der Waals surface area contributed by atoms with E-state index in [-0.39, 0.29) is 0 Å². The molecule has 0 aromatic heterocycles. The minimum atomic E-state index is -1.62. The Balaban J connectivity index is 2.53. The van der Waals surface area contributed by atoms with Crippen LogP contribution in [0.15, 0.2) is 0 Å². The van der Waals surface area contributed by atoms with Crippen molar-refractivity contribution >= 4 is 18.4 Å². The molecule has 1 aliphatic rings. The topological polar surface area (TPSA) is 0 Å². The molecule has 0 radical (unpaired) electrons. The summed E-state index contributed by atoms with van der Waals surface area (Å²) in [7, 11) is 0. The predicted molar refractivity (Wildman–Crippen MR) is 59.4 cm³/mol. The first-order valence-electron chi connectivity index (χ1n) is 5.55. The second-order valence-corrected chi connectivity index (χ2v) is 21.3. The van der Waals surface area contributed by atoms with Gasteiger partial charge in [0.05, 0.1) is 0 Å². The molecule has 0 amide bonds. The molecule has 0 unspecified atom stereocenters. The zero-order valence-corrected chi connectivity index (χ0v) is 12.0. The molecule has 1 heteroatoms. The predicted octanol–water partition coefficient (Wildman–Crippen LogP) is 4.44. The Morgan fingerprint density at radius 3 is 1.92 bits per heavy atom. The third kappa shape index (κ3) is 2.40. The van der Waals surface area contributed by atoms with Crippen LogP contribution in [0.25, 0.3) is 0 Å². The van der Waals surface area contributed by atoms with Crippen LogP contribution in [-0.2, 0) is 0 Å². The molecule has 72 valence electrons. The van der Waals surface area contributed by atoms with Crippen molar-refractivity contribution in [3.05, 3.63) is 0 Å². The van der Waals surface area contributed by atoms with E-state index in [0.717, 1.165) is 3.93 Å². The van der Waals surface area contributed by atoms with Crippen molar-refractivity contribution < 1.29 is 0 Å². The first-order chi connectivity index (χ1) is 5.55. The van der Waals surface area contributed by atoms with Gasteiger partial charge >= 0.3 is 82.1 Å². The van der Waals surface area contributed by atoms with Gasteiger partial charge in [-0.2, -0.15) is 0 Å². The monoisotopic (exact) mass is 276 g/mol. The van der Waals surface area contributed by atoms with Crippen LogP contribution >= 0.6 is 0 Å². The SMILES string of the molecule is C[CH](C)[Sn]([CH3])([CH3])[CH]1CCCCC1. The van der Waals surface area contributed by atoms with Crippen LogP contribution in [0.1, 0.15) is 46.0 Å². The first kappa shape index (κ1) is 10.9. The summed E-state index contributed by atoms with van der Waals surface area (Å²) in [6.45, 7) is 4.93. The summed E-state index contributed by atoms with van der Waals surface area (Å²) in [5.74, 6) is 0. The van der Waals surface area contributed by atoms with Crippen LogP contribution in [0, 0.1) is 0 Å². The molecule has 1 rings (SSSR count). The summed E-state index contributed by atoms with van der Waals surface area (Å²) >= 11 is -1.62. The fourth-order valence-corrected chi connectivity index (χ4v) is 10.4. The van der Waals surface area contributed by atoms with E-state index < -0.39 is 18.4 Å². The van der Waals surface area contributed by atoms with Gasteiger partial charge < -0.3 is 0 Å². The van der Waals surface area contributed by atoms with E-state index in [1.165, 1.54) is 23.2 Å². The van der Waals surface area contributed by atoms with Gasteiger partial charge in [0.2, 0.25) is 0 Å². The quantitative estimate of drug-likeness (QED) is 0.653. The number of rotatable bonds is 2. The van der Waals surface area contributed by atoms with E-state index in [1.807, 2.05) is 0 Å². The average Bonchev–Trinajstić information content (AvgIpc) is 2.06. The molecule has 1 saturated carbocycles. The second-order valence-electron chi connectivity index (χ2n) is 5.31. The van der Waals surface area contributed by atoms with Gasteiger partial charge in [-0.15, -0.1) is 0 Å². The Hall–Kier alpha value is 0.799. The fraction of sp³-hybridized carbons (Fsp3) is 1.00. The zero-order valence-electron chi connectivity index (χ0n) is 9.19. The minimum absolute atomic E-state index is 1.04. The molecule has 0 bridgehead atoms. The van der Waals surface area contributed by atoms with E-state index in [0.29, 0.717) is 0 Å². The molecular formula is C11H24Sn. The third-order valence-electron chi connectivity index (χ3n) is 4.15. The molecule has 12 heavy (non-hydrogen) atoms. The summed E-state index contributed by atoms with van der Waals surface area (Å²) in [6, 6.07) is 0. The Labute approximate surface area is 82.0 Å². The first-order valence-corrected chi connectivity index (χ1v) is 14.6. The van der Waals surface area contributed by atoms with Crippen LogP contribution in [0.4, 0.5) is 0 Å². The fourth-order valence-electron chi connectivity index (χ4n) is 2.32. The van der Waals surface area contributed by atoms with Gasteiger partial charge in [0.15, 0.2) is 0 Å². The zero-order chi connectivity index (χ0) is 9.19. The molecular weight excluding hydrogens is 251 g/mol. The van der Waals surface area contributed by atoms with Gasteiger partial charge in [-0.1, -0.05) is 0 Å². The molecule has 0 aromatic carbocycles. The van der Waals surface area contributed by atoms with Crippen LogP contribution in [-0.4, -0.2) is 18.4 Å². The molecule has 0 spiro atoms. The van der Waals surface area contributed by atoms with Crippen LogP contribution in [0.2, 0.25) is 17.7 Å². The summed E-state index contributed by atoms with van der Waals surface area (Å²) in [5, 5.41) is 0. The maximum absolute atomic E-state index is 2.66. The second kappa shape index (κ2) is 4.34. The van der Waals surface area contributed by atoms with E-state index in [4.69, 9.17) is 0 Å².